The molecule has 2 heterocycles. The van der Waals surface area contributed by atoms with Crippen molar-refractivity contribution in [1.29, 1.82) is 0 Å². The Morgan fingerprint density at radius 1 is 1.61 bits per heavy atom. The minimum atomic E-state index is 0.230. The fourth-order valence-electron chi connectivity index (χ4n) is 2.74. The molecular weight excluding hydrogens is 242 g/mol. The summed E-state index contributed by atoms with van der Waals surface area (Å²) in [4.78, 5) is 7.09. The maximum Gasteiger partial charge on any atom is 0.0965 e. The van der Waals surface area contributed by atoms with Crippen LogP contribution < -0.4 is 5.32 Å². The smallest absolute Gasteiger partial charge is 0.0965 e. The van der Waals surface area contributed by atoms with Gasteiger partial charge < -0.3 is 5.32 Å². The Balaban J connectivity index is 2.00. The van der Waals surface area contributed by atoms with Gasteiger partial charge in [0.25, 0.3) is 0 Å². The number of hydrogen-bond acceptors (Lipinski definition) is 4. The van der Waals surface area contributed by atoms with E-state index in [4.69, 9.17) is 0 Å². The predicted octanol–water partition coefficient (Wildman–Crippen LogP) is 2.71. The van der Waals surface area contributed by atoms with Gasteiger partial charge in [0.2, 0.25) is 0 Å². The summed E-state index contributed by atoms with van der Waals surface area (Å²) in [5.74, 6) is 0.535. The molecule has 1 fully saturated rings. The molecule has 1 saturated heterocycles. The number of nitrogens with one attached hydrogen (secondary N) is 1. The van der Waals surface area contributed by atoms with E-state index in [1.165, 1.54) is 11.4 Å². The SMILES string of the molecule is CCC1CNC(C)(C)CN1CC(C)c1nccs1. The van der Waals surface area contributed by atoms with Crippen LogP contribution in [0.1, 0.15) is 45.0 Å². The second kappa shape index (κ2) is 5.68. The van der Waals surface area contributed by atoms with Gasteiger partial charge in [-0.2, -0.15) is 0 Å². The molecule has 1 aliphatic rings. The van der Waals surface area contributed by atoms with Crippen LogP contribution in [0.2, 0.25) is 0 Å². The van der Waals surface area contributed by atoms with E-state index in [0.29, 0.717) is 12.0 Å². The van der Waals surface area contributed by atoms with Gasteiger partial charge in [0.15, 0.2) is 0 Å². The van der Waals surface area contributed by atoms with Crippen molar-refractivity contribution >= 4 is 11.3 Å². The minimum absolute atomic E-state index is 0.230. The molecule has 2 atom stereocenters. The van der Waals surface area contributed by atoms with Crippen molar-refractivity contribution in [2.24, 2.45) is 0 Å². The molecule has 18 heavy (non-hydrogen) atoms. The Morgan fingerprint density at radius 3 is 3.00 bits per heavy atom. The van der Waals surface area contributed by atoms with Crippen molar-refractivity contribution in [2.75, 3.05) is 19.6 Å². The van der Waals surface area contributed by atoms with Crippen LogP contribution in [0, 0.1) is 0 Å². The summed E-state index contributed by atoms with van der Waals surface area (Å²) in [5.41, 5.74) is 0.230. The first-order valence-electron chi connectivity index (χ1n) is 6.90. The van der Waals surface area contributed by atoms with Crippen LogP contribution in [0.25, 0.3) is 0 Å². The van der Waals surface area contributed by atoms with E-state index < -0.39 is 0 Å². The predicted molar refractivity (Wildman–Crippen MR) is 78.3 cm³/mol. The molecule has 2 unspecified atom stereocenters. The second-order valence-corrected chi connectivity index (χ2v) is 6.95. The molecular formula is C14H25N3S. The van der Waals surface area contributed by atoms with Crippen molar-refractivity contribution in [3.05, 3.63) is 16.6 Å². The van der Waals surface area contributed by atoms with Crippen LogP contribution in [-0.2, 0) is 0 Å². The molecule has 0 aliphatic carbocycles. The van der Waals surface area contributed by atoms with Crippen molar-refractivity contribution in [3.63, 3.8) is 0 Å². The number of nitrogens with zero attached hydrogens (tertiary/aromatic N) is 2. The number of piperazine rings is 1. The zero-order valence-corrected chi connectivity index (χ0v) is 12.8. The molecule has 1 N–H and O–H groups in total. The molecule has 102 valence electrons. The summed E-state index contributed by atoms with van der Waals surface area (Å²) in [5, 5.41) is 6.98. The fourth-order valence-corrected chi connectivity index (χ4v) is 3.43. The quantitative estimate of drug-likeness (QED) is 0.909. The van der Waals surface area contributed by atoms with E-state index in [1.54, 1.807) is 11.3 Å². The Kier molecular flexibility index (Phi) is 4.41. The maximum absolute atomic E-state index is 4.45. The molecule has 0 bridgehead atoms. The Labute approximate surface area is 115 Å². The lowest BCUT2D eigenvalue weighted by atomic mass is 9.96. The molecule has 0 amide bonds. The van der Waals surface area contributed by atoms with Crippen LogP contribution in [0.5, 0.6) is 0 Å². The third-order valence-corrected chi connectivity index (χ3v) is 4.79. The van der Waals surface area contributed by atoms with E-state index in [-0.39, 0.29) is 5.54 Å². The van der Waals surface area contributed by atoms with E-state index in [1.807, 2.05) is 6.20 Å². The van der Waals surface area contributed by atoms with Crippen LogP contribution in [-0.4, -0.2) is 41.1 Å². The van der Waals surface area contributed by atoms with Crippen LogP contribution in [0.4, 0.5) is 0 Å². The molecule has 1 aromatic heterocycles. The molecule has 2 rings (SSSR count). The Morgan fingerprint density at radius 2 is 2.39 bits per heavy atom. The molecule has 4 heteroatoms. The third kappa shape index (κ3) is 3.31. The van der Waals surface area contributed by atoms with Gasteiger partial charge in [0.05, 0.1) is 5.01 Å². The molecule has 0 saturated carbocycles. The molecule has 0 aromatic carbocycles. The molecule has 0 radical (unpaired) electrons. The summed E-state index contributed by atoms with van der Waals surface area (Å²) < 4.78 is 0. The van der Waals surface area contributed by atoms with E-state index in [2.05, 4.69) is 48.3 Å². The number of aromatic nitrogens is 1. The molecule has 1 aliphatic heterocycles. The molecule has 1 aromatic rings. The van der Waals surface area contributed by atoms with E-state index in [9.17, 15) is 0 Å². The van der Waals surface area contributed by atoms with Gasteiger partial charge in [0.1, 0.15) is 0 Å². The number of rotatable bonds is 4. The zero-order valence-electron chi connectivity index (χ0n) is 11.9. The minimum Gasteiger partial charge on any atom is -0.309 e. The highest BCUT2D eigenvalue weighted by atomic mass is 32.1. The fraction of sp³-hybridized carbons (Fsp3) is 0.786. The highest BCUT2D eigenvalue weighted by molar-refractivity contribution is 7.09. The monoisotopic (exact) mass is 267 g/mol. The highest BCUT2D eigenvalue weighted by Crippen LogP contribution is 2.23. The van der Waals surface area contributed by atoms with E-state index in [0.717, 1.165) is 19.6 Å². The lowest BCUT2D eigenvalue weighted by Gasteiger charge is -2.45. The Bertz CT molecular complexity index is 361. The number of thiazole rings is 1. The second-order valence-electron chi connectivity index (χ2n) is 6.03. The van der Waals surface area contributed by atoms with Gasteiger partial charge in [-0.15, -0.1) is 11.3 Å². The summed E-state index contributed by atoms with van der Waals surface area (Å²) in [7, 11) is 0. The van der Waals surface area contributed by atoms with Gasteiger partial charge in [0, 0.05) is 48.7 Å². The normalized spacial score (nSPS) is 26.1. The first-order chi connectivity index (χ1) is 8.52. The average Bonchev–Trinajstić information content (AvgIpc) is 2.81. The summed E-state index contributed by atoms with van der Waals surface area (Å²) in [6.07, 6.45) is 3.13. The molecule has 0 spiro atoms. The van der Waals surface area contributed by atoms with Gasteiger partial charge in [-0.25, -0.2) is 4.98 Å². The summed E-state index contributed by atoms with van der Waals surface area (Å²) >= 11 is 1.77. The lowest BCUT2D eigenvalue weighted by molar-refractivity contribution is 0.0879. The lowest BCUT2D eigenvalue weighted by Crippen LogP contribution is -2.61. The topological polar surface area (TPSA) is 28.2 Å². The van der Waals surface area contributed by atoms with Crippen molar-refractivity contribution in [2.45, 2.75) is 51.6 Å². The van der Waals surface area contributed by atoms with Crippen LogP contribution in [0.3, 0.4) is 0 Å². The first-order valence-corrected chi connectivity index (χ1v) is 7.78. The summed E-state index contributed by atoms with van der Waals surface area (Å²) in [6.45, 7) is 12.5. The van der Waals surface area contributed by atoms with Gasteiger partial charge in [-0.05, 0) is 20.3 Å². The van der Waals surface area contributed by atoms with Gasteiger partial charge in [-0.3, -0.25) is 4.90 Å². The van der Waals surface area contributed by atoms with Gasteiger partial charge in [-0.1, -0.05) is 13.8 Å². The maximum atomic E-state index is 4.45. The van der Waals surface area contributed by atoms with Crippen molar-refractivity contribution in [3.8, 4) is 0 Å². The van der Waals surface area contributed by atoms with Crippen molar-refractivity contribution < 1.29 is 0 Å². The van der Waals surface area contributed by atoms with Crippen LogP contribution >= 0.6 is 11.3 Å². The first kappa shape index (κ1) is 14.0. The summed E-state index contributed by atoms with van der Waals surface area (Å²) in [6, 6.07) is 0.667. The van der Waals surface area contributed by atoms with Crippen LogP contribution in [0.15, 0.2) is 11.6 Å². The standard InChI is InChI=1S/C14H25N3S/c1-5-12-8-16-14(3,4)10-17(12)9-11(2)13-15-6-7-18-13/h6-7,11-12,16H,5,8-10H2,1-4H3. The third-order valence-electron chi connectivity index (χ3n) is 3.78. The Hall–Kier alpha value is -0.450. The van der Waals surface area contributed by atoms with Gasteiger partial charge >= 0.3 is 0 Å². The zero-order chi connectivity index (χ0) is 13.2. The number of hydrogen-bond donors (Lipinski definition) is 1. The molecule has 3 nitrogen and oxygen atoms in total. The highest BCUT2D eigenvalue weighted by Gasteiger charge is 2.32. The largest absolute Gasteiger partial charge is 0.309 e. The van der Waals surface area contributed by atoms with E-state index >= 15 is 0 Å². The van der Waals surface area contributed by atoms with Crippen molar-refractivity contribution in [1.82, 2.24) is 15.2 Å². The average molecular weight is 267 g/mol.